The minimum atomic E-state index is -0.334. The minimum Gasteiger partial charge on any atom is -0.312 e. The number of carbonyl (C=O) groups excluding carboxylic acids is 2. The van der Waals surface area contributed by atoms with Gasteiger partial charge in [0.2, 0.25) is 0 Å². The van der Waals surface area contributed by atoms with E-state index in [-0.39, 0.29) is 11.8 Å². The first kappa shape index (κ1) is 10.2. The Morgan fingerprint density at radius 1 is 1.46 bits per heavy atom. The second-order valence-electron chi connectivity index (χ2n) is 2.71. The van der Waals surface area contributed by atoms with Crippen LogP contribution < -0.4 is 10.6 Å². The SMILES string of the molecule is O=C1C=C(CNCCCCl)C(=O)N1. The largest absolute Gasteiger partial charge is 0.312 e. The minimum absolute atomic E-state index is 0.302. The highest BCUT2D eigenvalue weighted by atomic mass is 35.5. The standard InChI is InChI=1S/C8H11ClN2O2/c9-2-1-3-10-5-6-4-7(12)11-8(6)13/h4,10H,1-3,5H2,(H,11,12,13). The normalized spacial score (nSPS) is 15.9. The summed E-state index contributed by atoms with van der Waals surface area (Å²) in [6, 6.07) is 0. The van der Waals surface area contributed by atoms with Gasteiger partial charge in [-0.25, -0.2) is 0 Å². The van der Waals surface area contributed by atoms with E-state index in [0.29, 0.717) is 18.0 Å². The van der Waals surface area contributed by atoms with Crippen LogP contribution in [0.5, 0.6) is 0 Å². The number of alkyl halides is 1. The van der Waals surface area contributed by atoms with E-state index in [0.717, 1.165) is 13.0 Å². The molecule has 0 spiro atoms. The van der Waals surface area contributed by atoms with Crippen LogP contribution in [0.2, 0.25) is 0 Å². The molecule has 2 N–H and O–H groups in total. The first-order chi connectivity index (χ1) is 6.24. The van der Waals surface area contributed by atoms with Gasteiger partial charge in [0.1, 0.15) is 0 Å². The van der Waals surface area contributed by atoms with Gasteiger partial charge in [-0.05, 0) is 13.0 Å². The van der Waals surface area contributed by atoms with Gasteiger partial charge < -0.3 is 5.32 Å². The van der Waals surface area contributed by atoms with Gasteiger partial charge in [-0.1, -0.05) is 0 Å². The summed E-state index contributed by atoms with van der Waals surface area (Å²) in [7, 11) is 0. The van der Waals surface area contributed by atoms with E-state index in [1.807, 2.05) is 0 Å². The third-order valence-corrected chi connectivity index (χ3v) is 1.90. The van der Waals surface area contributed by atoms with E-state index in [1.165, 1.54) is 6.08 Å². The molecule has 0 saturated heterocycles. The third-order valence-electron chi connectivity index (χ3n) is 1.64. The zero-order chi connectivity index (χ0) is 9.68. The average Bonchev–Trinajstić information content (AvgIpc) is 2.39. The Bertz CT molecular complexity index is 251. The number of carbonyl (C=O) groups is 2. The summed E-state index contributed by atoms with van der Waals surface area (Å²) >= 11 is 5.46. The number of amides is 2. The predicted molar refractivity (Wildman–Crippen MR) is 49.4 cm³/mol. The van der Waals surface area contributed by atoms with Crippen molar-refractivity contribution in [3.8, 4) is 0 Å². The van der Waals surface area contributed by atoms with Crippen LogP contribution in [0.1, 0.15) is 6.42 Å². The van der Waals surface area contributed by atoms with Gasteiger partial charge in [0.25, 0.3) is 11.8 Å². The van der Waals surface area contributed by atoms with Crippen molar-refractivity contribution >= 4 is 23.4 Å². The summed E-state index contributed by atoms with van der Waals surface area (Å²) in [6.07, 6.45) is 2.17. The lowest BCUT2D eigenvalue weighted by atomic mass is 10.2. The van der Waals surface area contributed by atoms with Crippen LogP contribution in [0.4, 0.5) is 0 Å². The molecule has 1 heterocycles. The van der Waals surface area contributed by atoms with Crippen molar-refractivity contribution in [1.82, 2.24) is 10.6 Å². The summed E-state index contributed by atoms with van der Waals surface area (Å²) in [5.74, 6) is -0.0421. The molecule has 1 aliphatic heterocycles. The molecule has 0 saturated carbocycles. The van der Waals surface area contributed by atoms with Crippen molar-refractivity contribution in [2.75, 3.05) is 19.0 Å². The molecule has 0 fully saturated rings. The molecule has 4 nitrogen and oxygen atoms in total. The van der Waals surface area contributed by atoms with Crippen molar-refractivity contribution < 1.29 is 9.59 Å². The lowest BCUT2D eigenvalue weighted by molar-refractivity contribution is -0.123. The van der Waals surface area contributed by atoms with E-state index in [9.17, 15) is 9.59 Å². The van der Waals surface area contributed by atoms with E-state index < -0.39 is 0 Å². The van der Waals surface area contributed by atoms with Gasteiger partial charge in [-0.2, -0.15) is 0 Å². The highest BCUT2D eigenvalue weighted by molar-refractivity contribution is 6.17. The Hall–Kier alpha value is -0.870. The first-order valence-corrected chi connectivity index (χ1v) is 4.60. The molecular formula is C8H11ClN2O2. The molecular weight excluding hydrogens is 192 g/mol. The van der Waals surface area contributed by atoms with Crippen molar-refractivity contribution in [2.24, 2.45) is 0 Å². The Labute approximate surface area is 81.3 Å². The quantitative estimate of drug-likeness (QED) is 0.369. The molecule has 0 radical (unpaired) electrons. The Morgan fingerprint density at radius 3 is 2.77 bits per heavy atom. The van der Waals surface area contributed by atoms with Gasteiger partial charge in [0.15, 0.2) is 0 Å². The van der Waals surface area contributed by atoms with Crippen LogP contribution >= 0.6 is 11.6 Å². The van der Waals surface area contributed by atoms with E-state index in [2.05, 4.69) is 10.6 Å². The van der Waals surface area contributed by atoms with Crippen LogP contribution in [0.25, 0.3) is 0 Å². The third kappa shape index (κ3) is 3.16. The Balaban J connectivity index is 2.25. The van der Waals surface area contributed by atoms with Crippen LogP contribution in [0.3, 0.4) is 0 Å². The number of hydrogen-bond donors (Lipinski definition) is 2. The van der Waals surface area contributed by atoms with Crippen LogP contribution in [0.15, 0.2) is 11.6 Å². The molecule has 13 heavy (non-hydrogen) atoms. The summed E-state index contributed by atoms with van der Waals surface area (Å²) < 4.78 is 0. The van der Waals surface area contributed by atoms with Gasteiger partial charge in [-0.15, -0.1) is 11.6 Å². The molecule has 0 unspecified atom stereocenters. The lowest BCUT2D eigenvalue weighted by Crippen LogP contribution is -2.26. The highest BCUT2D eigenvalue weighted by Gasteiger charge is 2.19. The van der Waals surface area contributed by atoms with Crippen molar-refractivity contribution in [3.05, 3.63) is 11.6 Å². The Kier molecular flexibility index (Phi) is 3.92. The zero-order valence-electron chi connectivity index (χ0n) is 7.10. The maximum Gasteiger partial charge on any atom is 0.255 e. The second-order valence-corrected chi connectivity index (χ2v) is 3.09. The molecule has 0 atom stereocenters. The topological polar surface area (TPSA) is 58.2 Å². The molecule has 0 bridgehead atoms. The summed E-state index contributed by atoms with van der Waals surface area (Å²) in [5, 5.41) is 5.18. The fourth-order valence-corrected chi connectivity index (χ4v) is 1.13. The van der Waals surface area contributed by atoms with E-state index in [4.69, 9.17) is 11.6 Å². The van der Waals surface area contributed by atoms with Gasteiger partial charge in [-0.3, -0.25) is 14.9 Å². The average molecular weight is 203 g/mol. The van der Waals surface area contributed by atoms with Crippen molar-refractivity contribution in [1.29, 1.82) is 0 Å². The fourth-order valence-electron chi connectivity index (χ4n) is 0.998. The summed E-state index contributed by atoms with van der Waals surface area (Å²) in [5.41, 5.74) is 0.486. The van der Waals surface area contributed by atoms with Crippen LogP contribution in [0, 0.1) is 0 Å². The van der Waals surface area contributed by atoms with Crippen molar-refractivity contribution in [2.45, 2.75) is 6.42 Å². The molecule has 5 heteroatoms. The van der Waals surface area contributed by atoms with Gasteiger partial charge in [0, 0.05) is 24.1 Å². The van der Waals surface area contributed by atoms with Crippen molar-refractivity contribution in [3.63, 3.8) is 0 Å². The predicted octanol–water partition coefficient (Wildman–Crippen LogP) is -0.212. The monoisotopic (exact) mass is 202 g/mol. The number of halogens is 1. The van der Waals surface area contributed by atoms with Crippen LogP contribution in [-0.4, -0.2) is 30.8 Å². The Morgan fingerprint density at radius 2 is 2.23 bits per heavy atom. The van der Waals surface area contributed by atoms with Gasteiger partial charge >= 0.3 is 0 Å². The molecule has 0 aliphatic carbocycles. The molecule has 0 aromatic carbocycles. The smallest absolute Gasteiger partial charge is 0.255 e. The lowest BCUT2D eigenvalue weighted by Gasteiger charge is -2.01. The zero-order valence-corrected chi connectivity index (χ0v) is 7.86. The number of nitrogens with one attached hydrogen (secondary N) is 2. The molecule has 2 amide bonds. The molecule has 72 valence electrons. The second kappa shape index (κ2) is 4.99. The molecule has 1 aliphatic rings. The number of hydrogen-bond acceptors (Lipinski definition) is 3. The highest BCUT2D eigenvalue weighted by Crippen LogP contribution is 1.99. The van der Waals surface area contributed by atoms with Crippen LogP contribution in [-0.2, 0) is 9.59 Å². The summed E-state index contributed by atoms with van der Waals surface area (Å²) in [4.78, 5) is 21.7. The molecule has 0 aromatic heterocycles. The molecule has 1 rings (SSSR count). The maximum absolute atomic E-state index is 11.0. The first-order valence-electron chi connectivity index (χ1n) is 4.06. The fraction of sp³-hybridized carbons (Fsp3) is 0.500. The molecule has 0 aromatic rings. The maximum atomic E-state index is 11.0. The van der Waals surface area contributed by atoms with E-state index >= 15 is 0 Å². The summed E-state index contributed by atoms with van der Waals surface area (Å²) in [6.45, 7) is 1.18. The number of imide groups is 1. The van der Waals surface area contributed by atoms with E-state index in [1.54, 1.807) is 0 Å². The van der Waals surface area contributed by atoms with Gasteiger partial charge in [0.05, 0.1) is 0 Å². The number of rotatable bonds is 5.